The van der Waals surface area contributed by atoms with E-state index in [9.17, 15) is 19.1 Å². The lowest BCUT2D eigenvalue weighted by molar-refractivity contribution is 0.0695. The van der Waals surface area contributed by atoms with Gasteiger partial charge in [-0.05, 0) is 66.2 Å². The first-order valence-corrected chi connectivity index (χ1v) is 10.0. The van der Waals surface area contributed by atoms with Gasteiger partial charge in [-0.15, -0.1) is 0 Å². The number of hydrogen-bond donors (Lipinski definition) is 1. The molecule has 1 aliphatic heterocycles. The molecular formula is C25H18F2N2O3. The SMILES string of the molecule is CN1Cc2ccc(-c3cc4c(cc3F)c(=O)c(C(=O)O)cn4-c3ccc(F)cc3)cc2C1. The highest BCUT2D eigenvalue weighted by atomic mass is 19.1. The van der Waals surface area contributed by atoms with Crippen molar-refractivity contribution in [1.29, 1.82) is 0 Å². The van der Waals surface area contributed by atoms with Gasteiger partial charge in [-0.3, -0.25) is 9.69 Å². The Kier molecular flexibility index (Phi) is 4.64. The van der Waals surface area contributed by atoms with Crippen LogP contribution in [0.5, 0.6) is 0 Å². The maximum atomic E-state index is 15.2. The van der Waals surface area contributed by atoms with E-state index in [0.717, 1.165) is 24.7 Å². The summed E-state index contributed by atoms with van der Waals surface area (Å²) in [5, 5.41) is 9.42. The van der Waals surface area contributed by atoms with Crippen molar-refractivity contribution < 1.29 is 18.7 Å². The Bertz CT molecular complexity index is 1460. The summed E-state index contributed by atoms with van der Waals surface area (Å²) in [7, 11) is 2.01. The number of halogens is 2. The van der Waals surface area contributed by atoms with Gasteiger partial charge in [-0.25, -0.2) is 13.6 Å². The lowest BCUT2D eigenvalue weighted by Gasteiger charge is -2.15. The molecule has 2 heterocycles. The van der Waals surface area contributed by atoms with Crippen LogP contribution in [0.15, 0.2) is 65.6 Å². The van der Waals surface area contributed by atoms with Crippen molar-refractivity contribution in [2.75, 3.05) is 7.05 Å². The zero-order valence-electron chi connectivity index (χ0n) is 17.1. The van der Waals surface area contributed by atoms with E-state index in [-0.39, 0.29) is 5.39 Å². The normalized spacial score (nSPS) is 13.5. The molecule has 0 spiro atoms. The Balaban J connectivity index is 1.79. The molecule has 0 amide bonds. The number of nitrogens with zero attached hydrogens (tertiary/aromatic N) is 2. The summed E-state index contributed by atoms with van der Waals surface area (Å²) >= 11 is 0. The Morgan fingerprint density at radius 2 is 1.69 bits per heavy atom. The summed E-state index contributed by atoms with van der Waals surface area (Å²) < 4.78 is 30.1. The Morgan fingerprint density at radius 1 is 0.969 bits per heavy atom. The molecule has 0 saturated carbocycles. The van der Waals surface area contributed by atoms with Crippen LogP contribution >= 0.6 is 0 Å². The Labute approximate surface area is 181 Å². The fraction of sp³-hybridized carbons (Fsp3) is 0.120. The first-order chi connectivity index (χ1) is 15.3. The monoisotopic (exact) mass is 432 g/mol. The van der Waals surface area contributed by atoms with Crippen molar-refractivity contribution in [3.63, 3.8) is 0 Å². The van der Waals surface area contributed by atoms with E-state index in [1.807, 2.05) is 25.2 Å². The largest absolute Gasteiger partial charge is 0.477 e. The van der Waals surface area contributed by atoms with Crippen LogP contribution < -0.4 is 5.43 Å². The zero-order valence-corrected chi connectivity index (χ0v) is 17.1. The minimum atomic E-state index is -1.42. The van der Waals surface area contributed by atoms with Gasteiger partial charge in [-0.2, -0.15) is 0 Å². The molecule has 32 heavy (non-hydrogen) atoms. The molecule has 1 aromatic heterocycles. The van der Waals surface area contributed by atoms with E-state index in [1.165, 1.54) is 40.6 Å². The van der Waals surface area contributed by atoms with Gasteiger partial charge in [0.2, 0.25) is 5.43 Å². The van der Waals surface area contributed by atoms with Gasteiger partial charge in [-0.1, -0.05) is 12.1 Å². The molecule has 5 nitrogen and oxygen atoms in total. The first-order valence-electron chi connectivity index (χ1n) is 10.0. The quantitative estimate of drug-likeness (QED) is 0.515. The fourth-order valence-corrected chi connectivity index (χ4v) is 4.27. The molecule has 0 bridgehead atoms. The molecule has 160 valence electrons. The van der Waals surface area contributed by atoms with Crippen LogP contribution in [0.1, 0.15) is 21.5 Å². The van der Waals surface area contributed by atoms with E-state index in [4.69, 9.17) is 0 Å². The van der Waals surface area contributed by atoms with E-state index >= 15 is 4.39 Å². The molecule has 1 N–H and O–H groups in total. The standard InChI is InChI=1S/C25H18F2N2O3/c1-28-11-15-3-2-14(8-16(15)12-28)19-10-23-20(9-22(19)27)24(30)21(25(31)32)13-29(23)18-6-4-17(26)5-7-18/h2-10,13H,11-12H2,1H3,(H,31,32). The Hall–Kier alpha value is -3.84. The van der Waals surface area contributed by atoms with Crippen LogP contribution in [-0.4, -0.2) is 27.6 Å². The molecule has 0 fully saturated rings. The van der Waals surface area contributed by atoms with E-state index in [1.54, 1.807) is 6.07 Å². The second-order valence-electron chi connectivity index (χ2n) is 8.03. The number of aromatic carboxylic acids is 1. The van der Waals surface area contributed by atoms with Crippen LogP contribution in [0.25, 0.3) is 27.7 Å². The highest BCUT2D eigenvalue weighted by Crippen LogP contribution is 2.32. The van der Waals surface area contributed by atoms with Crippen LogP contribution in [0, 0.1) is 11.6 Å². The number of hydrogen-bond acceptors (Lipinski definition) is 3. The van der Waals surface area contributed by atoms with Crippen LogP contribution in [0.4, 0.5) is 8.78 Å². The van der Waals surface area contributed by atoms with Crippen LogP contribution in [-0.2, 0) is 13.1 Å². The lowest BCUT2D eigenvalue weighted by atomic mass is 9.98. The predicted octanol–water partition coefficient (Wildman–Crippen LogP) is 4.58. The Morgan fingerprint density at radius 3 is 2.41 bits per heavy atom. The van der Waals surface area contributed by atoms with E-state index < -0.39 is 28.6 Å². The molecule has 0 radical (unpaired) electrons. The average molecular weight is 432 g/mol. The van der Waals surface area contributed by atoms with Crippen molar-refractivity contribution in [1.82, 2.24) is 9.47 Å². The smallest absolute Gasteiger partial charge is 0.341 e. The average Bonchev–Trinajstić information content (AvgIpc) is 3.13. The molecule has 4 aromatic rings. The number of carboxylic acid groups (broad SMARTS) is 1. The van der Waals surface area contributed by atoms with Gasteiger partial charge < -0.3 is 9.67 Å². The van der Waals surface area contributed by atoms with Crippen molar-refractivity contribution >= 4 is 16.9 Å². The summed E-state index contributed by atoms with van der Waals surface area (Å²) in [4.78, 5) is 26.6. The highest BCUT2D eigenvalue weighted by molar-refractivity contribution is 5.94. The number of benzene rings is 3. The van der Waals surface area contributed by atoms with Crippen molar-refractivity contribution in [2.45, 2.75) is 13.1 Å². The van der Waals surface area contributed by atoms with Gasteiger partial charge in [0.05, 0.1) is 5.52 Å². The molecule has 0 unspecified atom stereocenters. The molecule has 3 aromatic carbocycles. The molecule has 0 saturated heterocycles. The van der Waals surface area contributed by atoms with Crippen molar-refractivity contribution in [2.24, 2.45) is 0 Å². The van der Waals surface area contributed by atoms with Gasteiger partial charge in [0.25, 0.3) is 0 Å². The third-order valence-electron chi connectivity index (χ3n) is 5.83. The number of pyridine rings is 1. The molecule has 5 rings (SSSR count). The summed E-state index contributed by atoms with van der Waals surface area (Å²) in [5.74, 6) is -2.48. The maximum Gasteiger partial charge on any atom is 0.341 e. The molecule has 0 aliphatic carbocycles. The minimum absolute atomic E-state index is 0.0589. The molecular weight excluding hydrogens is 414 g/mol. The van der Waals surface area contributed by atoms with E-state index in [0.29, 0.717) is 22.3 Å². The number of rotatable bonds is 3. The fourth-order valence-electron chi connectivity index (χ4n) is 4.27. The van der Waals surface area contributed by atoms with Crippen LogP contribution in [0.3, 0.4) is 0 Å². The topological polar surface area (TPSA) is 62.5 Å². The summed E-state index contributed by atoms with van der Waals surface area (Å²) in [5.41, 5.74) is 2.79. The third-order valence-corrected chi connectivity index (χ3v) is 5.83. The van der Waals surface area contributed by atoms with Gasteiger partial charge in [0.1, 0.15) is 17.2 Å². The molecule has 1 aliphatic rings. The highest BCUT2D eigenvalue weighted by Gasteiger charge is 2.20. The first kappa shape index (κ1) is 20.1. The number of aromatic nitrogens is 1. The maximum absolute atomic E-state index is 15.2. The summed E-state index contributed by atoms with van der Waals surface area (Å²) in [6.45, 7) is 1.60. The lowest BCUT2D eigenvalue weighted by Crippen LogP contribution is -2.18. The third kappa shape index (κ3) is 3.27. The summed E-state index contributed by atoms with van der Waals surface area (Å²) in [6, 6.07) is 13.8. The number of carbonyl (C=O) groups is 1. The van der Waals surface area contributed by atoms with Crippen LogP contribution in [0.2, 0.25) is 0 Å². The predicted molar refractivity (Wildman–Crippen MR) is 117 cm³/mol. The zero-order chi connectivity index (χ0) is 22.6. The minimum Gasteiger partial charge on any atom is -0.477 e. The van der Waals surface area contributed by atoms with Crippen molar-refractivity contribution in [3.05, 3.63) is 99.3 Å². The molecule has 7 heteroatoms. The number of carboxylic acids is 1. The van der Waals surface area contributed by atoms with Gasteiger partial charge in [0.15, 0.2) is 0 Å². The number of fused-ring (bicyclic) bond motifs is 2. The van der Waals surface area contributed by atoms with E-state index in [2.05, 4.69) is 4.90 Å². The molecule has 0 atom stereocenters. The van der Waals surface area contributed by atoms with Gasteiger partial charge in [0, 0.05) is 35.9 Å². The second-order valence-corrected chi connectivity index (χ2v) is 8.03. The summed E-state index contributed by atoms with van der Waals surface area (Å²) in [6.07, 6.45) is 1.19. The second kappa shape index (κ2) is 7.39. The van der Waals surface area contributed by atoms with Crippen molar-refractivity contribution in [3.8, 4) is 16.8 Å². The van der Waals surface area contributed by atoms with Gasteiger partial charge >= 0.3 is 5.97 Å².